The van der Waals surface area contributed by atoms with Crippen LogP contribution in [0.1, 0.15) is 67.0 Å². The van der Waals surface area contributed by atoms with Gasteiger partial charge in [-0.15, -0.1) is 21.5 Å². The molecular weight excluding hydrogens is 386 g/mol. The summed E-state index contributed by atoms with van der Waals surface area (Å²) in [6.45, 7) is 7.00. The van der Waals surface area contributed by atoms with Crippen LogP contribution < -0.4 is 0 Å². The fraction of sp³-hybridized carbons (Fsp3) is 0.619. The molecule has 7 nitrogen and oxygen atoms in total. The number of nitrogens with zero attached hydrogens (tertiary/aromatic N) is 5. The van der Waals surface area contributed by atoms with E-state index in [0.29, 0.717) is 19.1 Å². The lowest BCUT2D eigenvalue weighted by molar-refractivity contribution is -0.138. The van der Waals surface area contributed by atoms with Gasteiger partial charge in [0.15, 0.2) is 0 Å². The molecule has 0 aromatic carbocycles. The minimum atomic E-state index is -0.102. The first-order valence-corrected chi connectivity index (χ1v) is 11.4. The van der Waals surface area contributed by atoms with Crippen LogP contribution in [-0.2, 0) is 4.79 Å². The highest BCUT2D eigenvalue weighted by Gasteiger charge is 2.35. The van der Waals surface area contributed by atoms with Gasteiger partial charge >= 0.3 is 0 Å². The summed E-state index contributed by atoms with van der Waals surface area (Å²) in [4.78, 5) is 30.6. The monoisotopic (exact) mass is 415 g/mol. The molecule has 2 saturated heterocycles. The Kier molecular flexibility index (Phi) is 5.99. The smallest absolute Gasteiger partial charge is 0.263 e. The van der Waals surface area contributed by atoms with Crippen LogP contribution in [0.25, 0.3) is 0 Å². The van der Waals surface area contributed by atoms with Crippen molar-refractivity contribution in [2.75, 3.05) is 26.2 Å². The molecule has 0 spiro atoms. The number of carbonyl (C=O) groups is 2. The fourth-order valence-corrected chi connectivity index (χ4v) is 5.20. The molecule has 156 valence electrons. The molecule has 2 aliphatic heterocycles. The number of hydrogen-bond acceptors (Lipinski definition) is 5. The molecule has 2 unspecified atom stereocenters. The molecule has 29 heavy (non-hydrogen) atoms. The first-order valence-electron chi connectivity index (χ1n) is 10.6. The molecular formula is C21H29N5O2S. The highest BCUT2D eigenvalue weighted by molar-refractivity contribution is 7.12. The third-order valence-corrected chi connectivity index (χ3v) is 6.90. The molecule has 2 fully saturated rings. The van der Waals surface area contributed by atoms with Crippen LogP contribution in [0, 0.1) is 5.92 Å². The highest BCUT2D eigenvalue weighted by Crippen LogP contribution is 2.29. The van der Waals surface area contributed by atoms with Gasteiger partial charge in [0.25, 0.3) is 5.91 Å². The number of likely N-dealkylation sites (tertiary alicyclic amines) is 2. The van der Waals surface area contributed by atoms with E-state index in [1.165, 1.54) is 11.3 Å². The van der Waals surface area contributed by atoms with Crippen molar-refractivity contribution in [3.05, 3.63) is 34.5 Å². The topological polar surface area (TPSA) is 71.3 Å². The van der Waals surface area contributed by atoms with Crippen molar-refractivity contribution >= 4 is 23.2 Å². The molecule has 0 radical (unpaired) electrons. The largest absolute Gasteiger partial charge is 0.342 e. The quantitative estimate of drug-likeness (QED) is 0.769. The van der Waals surface area contributed by atoms with Gasteiger partial charge in [0, 0.05) is 38.1 Å². The molecule has 0 saturated carbocycles. The van der Waals surface area contributed by atoms with Crippen LogP contribution in [0.15, 0.2) is 23.8 Å². The number of carbonyl (C=O) groups excluding carboxylic acids is 2. The lowest BCUT2D eigenvalue weighted by Gasteiger charge is -2.38. The van der Waals surface area contributed by atoms with Crippen LogP contribution >= 0.6 is 11.3 Å². The van der Waals surface area contributed by atoms with Gasteiger partial charge in [0.05, 0.1) is 10.8 Å². The van der Waals surface area contributed by atoms with Crippen molar-refractivity contribution in [2.24, 2.45) is 5.92 Å². The van der Waals surface area contributed by atoms with Gasteiger partial charge in [-0.3, -0.25) is 9.59 Å². The SMILES string of the molecule is CC(C)n1cnnc1C1CCCN(C(=O)C2CCCN(C(=O)c3cccs3)C2)C1. The van der Waals surface area contributed by atoms with E-state index in [0.717, 1.165) is 49.5 Å². The maximum Gasteiger partial charge on any atom is 0.263 e. The van der Waals surface area contributed by atoms with E-state index in [-0.39, 0.29) is 23.7 Å². The maximum absolute atomic E-state index is 13.3. The molecule has 2 amide bonds. The number of aromatic nitrogens is 3. The molecule has 8 heteroatoms. The zero-order chi connectivity index (χ0) is 20.4. The summed E-state index contributed by atoms with van der Waals surface area (Å²) in [5.74, 6) is 1.35. The summed E-state index contributed by atoms with van der Waals surface area (Å²) < 4.78 is 2.11. The molecule has 0 aliphatic carbocycles. The Morgan fingerprint density at radius 1 is 1.14 bits per heavy atom. The zero-order valence-corrected chi connectivity index (χ0v) is 18.0. The van der Waals surface area contributed by atoms with Crippen LogP contribution in [-0.4, -0.2) is 62.6 Å². The van der Waals surface area contributed by atoms with E-state index in [9.17, 15) is 9.59 Å². The number of hydrogen-bond donors (Lipinski definition) is 0. The zero-order valence-electron chi connectivity index (χ0n) is 17.2. The molecule has 0 N–H and O–H groups in total. The maximum atomic E-state index is 13.3. The predicted molar refractivity (Wildman–Crippen MR) is 112 cm³/mol. The lowest BCUT2D eigenvalue weighted by atomic mass is 9.92. The molecule has 2 aliphatic rings. The summed E-state index contributed by atoms with van der Waals surface area (Å²) in [6, 6.07) is 4.06. The second-order valence-corrected chi connectivity index (χ2v) is 9.33. The third kappa shape index (κ3) is 4.22. The summed E-state index contributed by atoms with van der Waals surface area (Å²) in [5, 5.41) is 10.4. The van der Waals surface area contributed by atoms with Gasteiger partial charge in [0.1, 0.15) is 12.2 Å². The summed E-state index contributed by atoms with van der Waals surface area (Å²) in [5.41, 5.74) is 0. The Bertz CT molecular complexity index is 847. The third-order valence-electron chi connectivity index (χ3n) is 6.05. The Morgan fingerprint density at radius 2 is 1.93 bits per heavy atom. The van der Waals surface area contributed by atoms with E-state index in [4.69, 9.17) is 0 Å². The molecule has 2 aromatic heterocycles. The first kappa shape index (κ1) is 20.1. The van der Waals surface area contributed by atoms with Crippen LogP contribution in [0.3, 0.4) is 0 Å². The van der Waals surface area contributed by atoms with E-state index < -0.39 is 0 Å². The van der Waals surface area contributed by atoms with Crippen LogP contribution in [0.2, 0.25) is 0 Å². The van der Waals surface area contributed by atoms with Gasteiger partial charge in [-0.05, 0) is 51.0 Å². The highest BCUT2D eigenvalue weighted by atomic mass is 32.1. The van der Waals surface area contributed by atoms with Crippen molar-refractivity contribution in [3.8, 4) is 0 Å². The van der Waals surface area contributed by atoms with Gasteiger partial charge in [0.2, 0.25) is 5.91 Å². The summed E-state index contributed by atoms with van der Waals surface area (Å²) >= 11 is 1.46. The van der Waals surface area contributed by atoms with Crippen molar-refractivity contribution in [2.45, 2.75) is 51.5 Å². The second-order valence-electron chi connectivity index (χ2n) is 8.38. The Labute approximate surface area is 175 Å². The van der Waals surface area contributed by atoms with Gasteiger partial charge in [-0.2, -0.15) is 0 Å². The van der Waals surface area contributed by atoms with Gasteiger partial charge < -0.3 is 14.4 Å². The van der Waals surface area contributed by atoms with Gasteiger partial charge in [-0.1, -0.05) is 6.07 Å². The van der Waals surface area contributed by atoms with Crippen molar-refractivity contribution < 1.29 is 9.59 Å². The Hall–Kier alpha value is -2.22. The second kappa shape index (κ2) is 8.65. The van der Waals surface area contributed by atoms with Crippen molar-refractivity contribution in [1.29, 1.82) is 0 Å². The standard InChI is InChI=1S/C21H29N5O2S/c1-15(2)26-14-22-23-19(26)16-6-3-9-24(12-16)20(27)17-7-4-10-25(13-17)21(28)18-8-5-11-29-18/h5,8,11,14-17H,3-4,6-7,9-10,12-13H2,1-2H3. The van der Waals surface area contributed by atoms with E-state index in [1.807, 2.05) is 27.3 Å². The number of thiophene rings is 1. The molecule has 4 heterocycles. The predicted octanol–water partition coefficient (Wildman–Crippen LogP) is 3.18. The number of rotatable bonds is 4. The lowest BCUT2D eigenvalue weighted by Crippen LogP contribution is -2.49. The number of piperidine rings is 2. The molecule has 2 aromatic rings. The average molecular weight is 416 g/mol. The van der Waals surface area contributed by atoms with E-state index >= 15 is 0 Å². The fourth-order valence-electron chi connectivity index (χ4n) is 4.51. The summed E-state index contributed by atoms with van der Waals surface area (Å²) in [7, 11) is 0. The molecule has 2 atom stereocenters. The average Bonchev–Trinajstić information content (AvgIpc) is 3.45. The van der Waals surface area contributed by atoms with E-state index in [2.05, 4.69) is 28.6 Å². The van der Waals surface area contributed by atoms with E-state index in [1.54, 1.807) is 6.33 Å². The minimum Gasteiger partial charge on any atom is -0.342 e. The van der Waals surface area contributed by atoms with Crippen molar-refractivity contribution in [3.63, 3.8) is 0 Å². The van der Waals surface area contributed by atoms with Crippen LogP contribution in [0.4, 0.5) is 0 Å². The first-order chi connectivity index (χ1) is 14.0. The summed E-state index contributed by atoms with van der Waals surface area (Å²) in [6.07, 6.45) is 5.54. The minimum absolute atomic E-state index is 0.0547. The van der Waals surface area contributed by atoms with Gasteiger partial charge in [-0.25, -0.2) is 0 Å². The van der Waals surface area contributed by atoms with Crippen LogP contribution in [0.5, 0.6) is 0 Å². The molecule has 0 bridgehead atoms. The Balaban J connectivity index is 1.42. The Morgan fingerprint density at radius 3 is 2.69 bits per heavy atom. The number of amides is 2. The molecule has 4 rings (SSSR count). The van der Waals surface area contributed by atoms with Crippen molar-refractivity contribution in [1.82, 2.24) is 24.6 Å². The normalized spacial score (nSPS) is 22.9.